The zero-order valence-electron chi connectivity index (χ0n) is 14.8. The number of carbonyl (C=O) groups is 1. The van der Waals surface area contributed by atoms with Crippen LogP contribution < -0.4 is 4.74 Å². The number of sulfone groups is 1. The maximum atomic E-state index is 12.5. The van der Waals surface area contributed by atoms with Crippen LogP contribution in [0.5, 0.6) is 5.75 Å². The normalized spacial score (nSPS) is 12.5. The van der Waals surface area contributed by atoms with Gasteiger partial charge in [0.2, 0.25) is 0 Å². The molecule has 6 nitrogen and oxygen atoms in total. The lowest BCUT2D eigenvalue weighted by Crippen LogP contribution is -2.31. The molecule has 0 spiro atoms. The molecule has 146 valence electrons. The van der Waals surface area contributed by atoms with Gasteiger partial charge in [-0.3, -0.25) is 4.79 Å². The summed E-state index contributed by atoms with van der Waals surface area (Å²) in [5, 5.41) is 8.38. The summed E-state index contributed by atoms with van der Waals surface area (Å²) in [6, 6.07) is 12.9. The summed E-state index contributed by atoms with van der Waals surface area (Å²) in [6.07, 6.45) is -0.146. The van der Waals surface area contributed by atoms with Gasteiger partial charge in [0.05, 0.1) is 11.5 Å². The molecule has 0 aliphatic heterocycles. The number of aryl methyl sites for hydroxylation is 1. The molecule has 2 aromatic carbocycles. The fourth-order valence-corrected chi connectivity index (χ4v) is 3.99. The maximum Gasteiger partial charge on any atom is 0.322 e. The van der Waals surface area contributed by atoms with Crippen LogP contribution >= 0.6 is 11.6 Å². The number of aliphatic carboxylic acids is 1. The standard InChI is InChI=1S/C19H21ClO6S/c1-14-2-8-17(9-3-14)27(23,24)18(19(21)22)10-11-25-12-13-26-16-6-4-15(20)5-7-16/h2-9,18H,10-13H2,1H3,(H,21,22). The Hall–Kier alpha value is -2.09. The molecule has 0 heterocycles. The van der Waals surface area contributed by atoms with Gasteiger partial charge in [-0.15, -0.1) is 0 Å². The quantitative estimate of drug-likeness (QED) is 0.602. The van der Waals surface area contributed by atoms with Gasteiger partial charge in [-0.2, -0.15) is 0 Å². The third-order valence-corrected chi connectivity index (χ3v) is 6.20. The van der Waals surface area contributed by atoms with Crippen molar-refractivity contribution >= 4 is 27.4 Å². The predicted octanol–water partition coefficient (Wildman–Crippen LogP) is 3.36. The van der Waals surface area contributed by atoms with Crippen LogP contribution in [0.15, 0.2) is 53.4 Å². The minimum atomic E-state index is -3.98. The Kier molecular flexibility index (Phi) is 7.65. The SMILES string of the molecule is Cc1ccc(S(=O)(=O)C(CCOCCOc2ccc(Cl)cc2)C(=O)O)cc1. The van der Waals surface area contributed by atoms with Gasteiger partial charge in [-0.25, -0.2) is 8.42 Å². The van der Waals surface area contributed by atoms with E-state index >= 15 is 0 Å². The van der Waals surface area contributed by atoms with Gasteiger partial charge in [0.15, 0.2) is 15.1 Å². The first-order chi connectivity index (χ1) is 12.8. The van der Waals surface area contributed by atoms with Crippen LogP contribution in [0.4, 0.5) is 0 Å². The molecular weight excluding hydrogens is 392 g/mol. The van der Waals surface area contributed by atoms with Crippen molar-refractivity contribution in [3.05, 3.63) is 59.1 Å². The number of benzene rings is 2. The highest BCUT2D eigenvalue weighted by atomic mass is 35.5. The molecule has 1 unspecified atom stereocenters. The second-order valence-corrected chi connectivity index (χ2v) is 8.46. The van der Waals surface area contributed by atoms with E-state index in [1.54, 1.807) is 36.4 Å². The van der Waals surface area contributed by atoms with E-state index in [1.165, 1.54) is 12.1 Å². The minimum absolute atomic E-state index is 0.00780. The summed E-state index contributed by atoms with van der Waals surface area (Å²) < 4.78 is 35.9. The van der Waals surface area contributed by atoms with E-state index < -0.39 is 21.1 Å². The average Bonchev–Trinajstić information content (AvgIpc) is 2.62. The third-order valence-electron chi connectivity index (χ3n) is 3.83. The molecule has 1 N–H and O–H groups in total. The molecule has 0 amide bonds. The van der Waals surface area contributed by atoms with Crippen molar-refractivity contribution in [1.29, 1.82) is 0 Å². The lowest BCUT2D eigenvalue weighted by atomic mass is 10.2. The number of hydrogen-bond acceptors (Lipinski definition) is 5. The molecule has 0 bridgehead atoms. The zero-order valence-corrected chi connectivity index (χ0v) is 16.4. The lowest BCUT2D eigenvalue weighted by molar-refractivity contribution is -0.136. The molecule has 0 saturated carbocycles. The smallest absolute Gasteiger partial charge is 0.322 e. The van der Waals surface area contributed by atoms with Crippen LogP contribution in [0.1, 0.15) is 12.0 Å². The van der Waals surface area contributed by atoms with Crippen molar-refractivity contribution in [2.45, 2.75) is 23.5 Å². The van der Waals surface area contributed by atoms with E-state index in [2.05, 4.69) is 0 Å². The average molecular weight is 413 g/mol. The van der Waals surface area contributed by atoms with E-state index in [-0.39, 0.29) is 31.1 Å². The van der Waals surface area contributed by atoms with Crippen molar-refractivity contribution < 1.29 is 27.8 Å². The largest absolute Gasteiger partial charge is 0.491 e. The van der Waals surface area contributed by atoms with Gasteiger partial charge in [0.25, 0.3) is 0 Å². The number of hydrogen-bond donors (Lipinski definition) is 1. The molecule has 0 radical (unpaired) electrons. The fourth-order valence-electron chi connectivity index (χ4n) is 2.35. The minimum Gasteiger partial charge on any atom is -0.491 e. The third kappa shape index (κ3) is 6.23. The number of ether oxygens (including phenoxy) is 2. The van der Waals surface area contributed by atoms with Crippen LogP contribution in [0.25, 0.3) is 0 Å². The van der Waals surface area contributed by atoms with Gasteiger partial charge in [-0.05, 0) is 49.7 Å². The van der Waals surface area contributed by atoms with Crippen LogP contribution in [0.2, 0.25) is 5.02 Å². The molecule has 0 aliphatic rings. The van der Waals surface area contributed by atoms with Crippen molar-refractivity contribution in [3.63, 3.8) is 0 Å². The fraction of sp³-hybridized carbons (Fsp3) is 0.316. The van der Waals surface area contributed by atoms with Gasteiger partial charge in [0, 0.05) is 11.6 Å². The molecule has 0 fully saturated rings. The summed E-state index contributed by atoms with van der Waals surface area (Å²) in [6.45, 7) is 2.28. The highest BCUT2D eigenvalue weighted by molar-refractivity contribution is 7.92. The second-order valence-electron chi connectivity index (χ2n) is 5.89. The second kappa shape index (κ2) is 9.73. The number of carboxylic acids is 1. The van der Waals surface area contributed by atoms with Crippen molar-refractivity contribution in [1.82, 2.24) is 0 Å². The Morgan fingerprint density at radius 1 is 1.04 bits per heavy atom. The van der Waals surface area contributed by atoms with Crippen molar-refractivity contribution in [2.24, 2.45) is 0 Å². The van der Waals surface area contributed by atoms with E-state index in [9.17, 15) is 18.3 Å². The zero-order chi connectivity index (χ0) is 19.9. The molecule has 0 aromatic heterocycles. The molecule has 8 heteroatoms. The summed E-state index contributed by atoms with van der Waals surface area (Å²) in [7, 11) is -3.98. The first-order valence-electron chi connectivity index (χ1n) is 8.30. The van der Waals surface area contributed by atoms with Crippen LogP contribution in [0, 0.1) is 6.92 Å². The molecule has 27 heavy (non-hydrogen) atoms. The van der Waals surface area contributed by atoms with Gasteiger partial charge in [0.1, 0.15) is 12.4 Å². The molecule has 2 rings (SSSR count). The number of halogens is 1. The lowest BCUT2D eigenvalue weighted by Gasteiger charge is -2.14. The summed E-state index contributed by atoms with van der Waals surface area (Å²) in [5.74, 6) is -0.759. The first-order valence-corrected chi connectivity index (χ1v) is 10.2. The molecule has 2 aromatic rings. The molecule has 0 saturated heterocycles. The van der Waals surface area contributed by atoms with E-state index in [0.717, 1.165) is 5.56 Å². The Labute approximate surface area is 163 Å². The molecule has 1 atom stereocenters. The van der Waals surface area contributed by atoms with E-state index in [4.69, 9.17) is 21.1 Å². The van der Waals surface area contributed by atoms with Crippen molar-refractivity contribution in [3.8, 4) is 5.75 Å². The van der Waals surface area contributed by atoms with E-state index in [1.807, 2.05) is 6.92 Å². The van der Waals surface area contributed by atoms with Gasteiger partial charge < -0.3 is 14.6 Å². The predicted molar refractivity (Wildman–Crippen MR) is 102 cm³/mol. The Balaban J connectivity index is 1.83. The Bertz CT molecular complexity index is 847. The topological polar surface area (TPSA) is 89.9 Å². The highest BCUT2D eigenvalue weighted by Crippen LogP contribution is 2.20. The first kappa shape index (κ1) is 21.2. The van der Waals surface area contributed by atoms with Crippen LogP contribution in [-0.4, -0.2) is 44.6 Å². The Morgan fingerprint density at radius 3 is 2.26 bits per heavy atom. The number of rotatable bonds is 10. The Morgan fingerprint density at radius 2 is 1.67 bits per heavy atom. The van der Waals surface area contributed by atoms with Crippen LogP contribution in [0.3, 0.4) is 0 Å². The van der Waals surface area contributed by atoms with E-state index in [0.29, 0.717) is 10.8 Å². The molecule has 0 aliphatic carbocycles. The highest BCUT2D eigenvalue weighted by Gasteiger charge is 2.33. The molecular formula is C19H21ClO6S. The maximum absolute atomic E-state index is 12.5. The summed E-state index contributed by atoms with van der Waals surface area (Å²) in [5.41, 5.74) is 0.893. The summed E-state index contributed by atoms with van der Waals surface area (Å²) >= 11 is 5.78. The van der Waals surface area contributed by atoms with Crippen LogP contribution in [-0.2, 0) is 19.4 Å². The van der Waals surface area contributed by atoms with Gasteiger partial charge >= 0.3 is 5.97 Å². The van der Waals surface area contributed by atoms with Gasteiger partial charge in [-0.1, -0.05) is 29.3 Å². The monoisotopic (exact) mass is 412 g/mol. The van der Waals surface area contributed by atoms with Crippen molar-refractivity contribution in [2.75, 3.05) is 19.8 Å². The number of carboxylic acid groups (broad SMARTS) is 1. The summed E-state index contributed by atoms with van der Waals surface area (Å²) in [4.78, 5) is 11.4.